The van der Waals surface area contributed by atoms with E-state index >= 15 is 0 Å². The molecule has 4 heteroatoms. The number of pyridine rings is 1. The molecule has 0 aromatic carbocycles. The van der Waals surface area contributed by atoms with Gasteiger partial charge in [0, 0.05) is 11.2 Å². The number of nitrogens with two attached hydrogens (primary N) is 1. The van der Waals surface area contributed by atoms with E-state index in [2.05, 4.69) is 17.2 Å². The van der Waals surface area contributed by atoms with Crippen molar-refractivity contribution in [2.24, 2.45) is 5.73 Å². The zero-order valence-corrected chi connectivity index (χ0v) is 11.9. The molecule has 3 N–H and O–H groups in total. The Labute approximate surface area is 114 Å². The summed E-state index contributed by atoms with van der Waals surface area (Å²) in [5, 5.41) is 3.57. The van der Waals surface area contributed by atoms with Crippen LogP contribution >= 0.6 is 12.2 Å². The van der Waals surface area contributed by atoms with Crippen molar-refractivity contribution in [1.29, 1.82) is 0 Å². The second-order valence-corrected chi connectivity index (χ2v) is 5.90. The van der Waals surface area contributed by atoms with Crippen LogP contribution in [0.15, 0.2) is 12.1 Å². The highest BCUT2D eigenvalue weighted by molar-refractivity contribution is 7.80. The molecule has 0 amide bonds. The van der Waals surface area contributed by atoms with Crippen molar-refractivity contribution in [3.05, 3.63) is 23.4 Å². The lowest BCUT2D eigenvalue weighted by Gasteiger charge is -2.35. The predicted octanol–water partition coefficient (Wildman–Crippen LogP) is 3.16. The maximum absolute atomic E-state index is 5.76. The first-order chi connectivity index (χ1) is 8.50. The number of nitrogens with one attached hydrogen (secondary N) is 1. The van der Waals surface area contributed by atoms with Crippen LogP contribution in [0.1, 0.15) is 50.3 Å². The fourth-order valence-corrected chi connectivity index (χ4v) is 2.76. The van der Waals surface area contributed by atoms with Crippen molar-refractivity contribution in [3.8, 4) is 0 Å². The van der Waals surface area contributed by atoms with Crippen LogP contribution in [0.5, 0.6) is 0 Å². The van der Waals surface area contributed by atoms with Crippen LogP contribution in [0, 0.1) is 6.92 Å². The van der Waals surface area contributed by atoms with E-state index in [1.807, 2.05) is 19.1 Å². The predicted molar refractivity (Wildman–Crippen MR) is 80.0 cm³/mol. The minimum atomic E-state index is 0.124. The van der Waals surface area contributed by atoms with Crippen LogP contribution in [0.2, 0.25) is 0 Å². The fraction of sp³-hybridized carbons (Fsp3) is 0.571. The second kappa shape index (κ2) is 5.22. The monoisotopic (exact) mass is 263 g/mol. The maximum Gasteiger partial charge on any atom is 0.136 e. The topological polar surface area (TPSA) is 50.9 Å². The Morgan fingerprint density at radius 3 is 2.61 bits per heavy atom. The summed E-state index contributed by atoms with van der Waals surface area (Å²) < 4.78 is 0. The number of hydrogen-bond acceptors (Lipinski definition) is 3. The Morgan fingerprint density at radius 1 is 1.33 bits per heavy atom. The molecule has 0 aliphatic heterocycles. The van der Waals surface area contributed by atoms with E-state index in [4.69, 9.17) is 18.0 Å². The van der Waals surface area contributed by atoms with Gasteiger partial charge in [-0.25, -0.2) is 4.98 Å². The first kappa shape index (κ1) is 13.3. The molecule has 0 unspecified atom stereocenters. The Bertz CT molecular complexity index is 450. The first-order valence-corrected chi connectivity index (χ1v) is 6.97. The molecule has 2 rings (SSSR count). The van der Waals surface area contributed by atoms with Gasteiger partial charge < -0.3 is 11.1 Å². The molecular formula is C14H21N3S. The van der Waals surface area contributed by atoms with Gasteiger partial charge in [-0.1, -0.05) is 31.5 Å². The Hall–Kier alpha value is -1.16. The van der Waals surface area contributed by atoms with Crippen molar-refractivity contribution >= 4 is 23.0 Å². The van der Waals surface area contributed by atoms with Gasteiger partial charge in [-0.3, -0.25) is 0 Å². The highest BCUT2D eigenvalue weighted by Gasteiger charge is 2.27. The summed E-state index contributed by atoms with van der Waals surface area (Å²) in [5.74, 6) is 0.840. The summed E-state index contributed by atoms with van der Waals surface area (Å²) >= 11 is 5.09. The van der Waals surface area contributed by atoms with E-state index in [0.717, 1.165) is 17.1 Å². The van der Waals surface area contributed by atoms with Crippen LogP contribution in [0.25, 0.3) is 0 Å². The molecule has 0 saturated heterocycles. The first-order valence-electron chi connectivity index (χ1n) is 6.56. The molecule has 1 aromatic rings. The van der Waals surface area contributed by atoms with Crippen molar-refractivity contribution in [2.45, 2.75) is 51.5 Å². The molecule has 98 valence electrons. The summed E-state index contributed by atoms with van der Waals surface area (Å²) in [6.07, 6.45) is 6.24. The van der Waals surface area contributed by atoms with E-state index in [-0.39, 0.29) is 5.54 Å². The molecule has 3 nitrogen and oxygen atoms in total. The number of rotatable bonds is 3. The van der Waals surface area contributed by atoms with Gasteiger partial charge in [0.25, 0.3) is 0 Å². The smallest absolute Gasteiger partial charge is 0.136 e. The Kier molecular flexibility index (Phi) is 3.85. The van der Waals surface area contributed by atoms with Gasteiger partial charge in [-0.15, -0.1) is 0 Å². The van der Waals surface area contributed by atoms with Crippen molar-refractivity contribution in [1.82, 2.24) is 4.98 Å². The molecule has 1 aliphatic rings. The quantitative estimate of drug-likeness (QED) is 0.823. The average Bonchev–Trinajstić information content (AvgIpc) is 2.28. The lowest BCUT2D eigenvalue weighted by atomic mass is 9.83. The van der Waals surface area contributed by atoms with Gasteiger partial charge in [0.2, 0.25) is 0 Å². The molecule has 1 fully saturated rings. The highest BCUT2D eigenvalue weighted by atomic mass is 32.1. The number of aromatic nitrogens is 1. The van der Waals surface area contributed by atoms with Gasteiger partial charge in [-0.05, 0) is 38.8 Å². The van der Waals surface area contributed by atoms with Gasteiger partial charge >= 0.3 is 0 Å². The van der Waals surface area contributed by atoms with Gasteiger partial charge in [0.1, 0.15) is 10.8 Å². The lowest BCUT2D eigenvalue weighted by Crippen LogP contribution is -2.38. The van der Waals surface area contributed by atoms with Crippen LogP contribution in [-0.4, -0.2) is 15.5 Å². The molecule has 0 bridgehead atoms. The SMILES string of the molecule is Cc1ccc(C(N)=S)c(NC2(C)CCCCC2)n1. The normalized spacial score (nSPS) is 18.3. The number of thiocarbonyl (C=S) groups is 1. The van der Waals surface area contributed by atoms with Gasteiger partial charge in [-0.2, -0.15) is 0 Å². The molecule has 1 aliphatic carbocycles. The molecular weight excluding hydrogens is 242 g/mol. The zero-order valence-electron chi connectivity index (χ0n) is 11.1. The van der Waals surface area contributed by atoms with Crippen LogP contribution < -0.4 is 11.1 Å². The molecule has 0 atom stereocenters. The summed E-state index contributed by atoms with van der Waals surface area (Å²) in [4.78, 5) is 4.96. The maximum atomic E-state index is 5.76. The lowest BCUT2D eigenvalue weighted by molar-refractivity contribution is 0.348. The van der Waals surface area contributed by atoms with E-state index in [0.29, 0.717) is 4.99 Å². The van der Waals surface area contributed by atoms with E-state index in [9.17, 15) is 0 Å². The minimum absolute atomic E-state index is 0.124. The molecule has 1 saturated carbocycles. The number of aryl methyl sites for hydroxylation is 1. The molecule has 18 heavy (non-hydrogen) atoms. The van der Waals surface area contributed by atoms with Gasteiger partial charge in [0.15, 0.2) is 0 Å². The number of anilines is 1. The van der Waals surface area contributed by atoms with Crippen LogP contribution in [0.4, 0.5) is 5.82 Å². The van der Waals surface area contributed by atoms with E-state index in [1.165, 1.54) is 32.1 Å². The zero-order chi connectivity index (χ0) is 13.2. The summed E-state index contributed by atoms with van der Waals surface area (Å²) in [6, 6.07) is 3.90. The van der Waals surface area contributed by atoms with Gasteiger partial charge in [0.05, 0.1) is 5.56 Å². The number of nitrogens with zero attached hydrogens (tertiary/aromatic N) is 1. The van der Waals surface area contributed by atoms with Crippen LogP contribution in [0.3, 0.4) is 0 Å². The molecule has 0 radical (unpaired) electrons. The van der Waals surface area contributed by atoms with E-state index in [1.54, 1.807) is 0 Å². The third-order valence-electron chi connectivity index (χ3n) is 3.68. The molecule has 1 heterocycles. The standard InChI is InChI=1S/C14H21N3S/c1-10-6-7-11(12(15)18)13(16-10)17-14(2)8-4-3-5-9-14/h6-7H,3-5,8-9H2,1-2H3,(H2,15,18)(H,16,17). The van der Waals surface area contributed by atoms with Crippen molar-refractivity contribution < 1.29 is 0 Å². The minimum Gasteiger partial charge on any atom is -0.389 e. The van der Waals surface area contributed by atoms with Crippen molar-refractivity contribution in [2.75, 3.05) is 5.32 Å². The number of hydrogen-bond donors (Lipinski definition) is 2. The molecule has 0 spiro atoms. The highest BCUT2D eigenvalue weighted by Crippen LogP contribution is 2.31. The molecule has 1 aromatic heterocycles. The Morgan fingerprint density at radius 2 is 2.00 bits per heavy atom. The summed E-state index contributed by atoms with van der Waals surface area (Å²) in [5.41, 5.74) is 7.72. The Balaban J connectivity index is 2.26. The van der Waals surface area contributed by atoms with Crippen LogP contribution in [-0.2, 0) is 0 Å². The second-order valence-electron chi connectivity index (χ2n) is 5.46. The van der Waals surface area contributed by atoms with Crippen molar-refractivity contribution in [3.63, 3.8) is 0 Å². The summed E-state index contributed by atoms with van der Waals surface area (Å²) in [6.45, 7) is 4.25. The summed E-state index contributed by atoms with van der Waals surface area (Å²) in [7, 11) is 0. The largest absolute Gasteiger partial charge is 0.389 e. The third-order valence-corrected chi connectivity index (χ3v) is 3.90. The third kappa shape index (κ3) is 2.99. The average molecular weight is 263 g/mol. The fourth-order valence-electron chi connectivity index (χ4n) is 2.59. The van der Waals surface area contributed by atoms with E-state index < -0.39 is 0 Å².